The molecule has 0 radical (unpaired) electrons. The van der Waals surface area contributed by atoms with Gasteiger partial charge < -0.3 is 5.11 Å². The zero-order chi connectivity index (χ0) is 14.0. The maximum Gasteiger partial charge on any atom is 0.0863 e. The molecule has 2 rings (SSSR count). The second-order valence-electron chi connectivity index (χ2n) is 5.54. The van der Waals surface area contributed by atoms with Gasteiger partial charge in [0.1, 0.15) is 0 Å². The monoisotopic (exact) mass is 285 g/mol. The van der Waals surface area contributed by atoms with E-state index in [2.05, 4.69) is 16.9 Å². The van der Waals surface area contributed by atoms with E-state index < -0.39 is 0 Å². The molecule has 19 heavy (non-hydrogen) atoms. The summed E-state index contributed by atoms with van der Waals surface area (Å²) in [5.74, 6) is 0. The van der Waals surface area contributed by atoms with Crippen LogP contribution < -0.4 is 0 Å². The standard InChI is InChI=1S/C14H24ClN3O/c1-4-12-14(15)13(17(3)16-12)9-18-7-5-6-11(18)8-10(2)19/h10-11,19H,4-9H2,1-3H3. The summed E-state index contributed by atoms with van der Waals surface area (Å²) in [5.41, 5.74) is 2.07. The van der Waals surface area contributed by atoms with Crippen LogP contribution in [0.2, 0.25) is 5.02 Å². The Balaban J connectivity index is 2.10. The number of nitrogens with zero attached hydrogens (tertiary/aromatic N) is 3. The summed E-state index contributed by atoms with van der Waals surface area (Å²) in [6.07, 6.45) is 3.84. The third kappa shape index (κ3) is 3.30. The van der Waals surface area contributed by atoms with Crippen LogP contribution >= 0.6 is 11.6 Å². The molecule has 1 aliphatic rings. The summed E-state index contributed by atoms with van der Waals surface area (Å²) < 4.78 is 1.90. The average molecular weight is 286 g/mol. The number of halogens is 1. The maximum absolute atomic E-state index is 9.58. The summed E-state index contributed by atoms with van der Waals surface area (Å²) in [6.45, 7) is 5.85. The first-order valence-electron chi connectivity index (χ1n) is 7.15. The molecule has 5 heteroatoms. The van der Waals surface area contributed by atoms with Crippen molar-refractivity contribution in [3.63, 3.8) is 0 Å². The molecule has 1 saturated heterocycles. The van der Waals surface area contributed by atoms with Gasteiger partial charge >= 0.3 is 0 Å². The fraction of sp³-hybridized carbons (Fsp3) is 0.786. The van der Waals surface area contributed by atoms with Gasteiger partial charge in [0.25, 0.3) is 0 Å². The molecule has 2 heterocycles. The molecular formula is C14H24ClN3O. The lowest BCUT2D eigenvalue weighted by Gasteiger charge is -2.25. The van der Waals surface area contributed by atoms with Crippen LogP contribution in [0.4, 0.5) is 0 Å². The quantitative estimate of drug-likeness (QED) is 0.903. The summed E-state index contributed by atoms with van der Waals surface area (Å²) in [5, 5.41) is 14.9. The molecular weight excluding hydrogens is 262 g/mol. The normalized spacial score (nSPS) is 22.1. The number of hydrogen-bond donors (Lipinski definition) is 1. The van der Waals surface area contributed by atoms with E-state index >= 15 is 0 Å². The molecule has 4 nitrogen and oxygen atoms in total. The predicted molar refractivity (Wildman–Crippen MR) is 77.3 cm³/mol. The van der Waals surface area contributed by atoms with Crippen LogP contribution in [-0.4, -0.2) is 38.5 Å². The molecule has 2 unspecified atom stereocenters. The topological polar surface area (TPSA) is 41.3 Å². The van der Waals surface area contributed by atoms with Crippen LogP contribution in [0, 0.1) is 0 Å². The van der Waals surface area contributed by atoms with Gasteiger partial charge in [-0.05, 0) is 39.2 Å². The third-order valence-electron chi connectivity index (χ3n) is 3.97. The van der Waals surface area contributed by atoms with Crippen molar-refractivity contribution >= 4 is 11.6 Å². The van der Waals surface area contributed by atoms with Gasteiger partial charge in [-0.3, -0.25) is 9.58 Å². The Morgan fingerprint density at radius 2 is 2.26 bits per heavy atom. The van der Waals surface area contributed by atoms with Gasteiger partial charge in [-0.2, -0.15) is 5.10 Å². The van der Waals surface area contributed by atoms with E-state index in [1.807, 2.05) is 18.7 Å². The average Bonchev–Trinajstić information content (AvgIpc) is 2.88. The third-order valence-corrected chi connectivity index (χ3v) is 4.40. The predicted octanol–water partition coefficient (Wildman–Crippen LogP) is 2.37. The lowest BCUT2D eigenvalue weighted by Crippen LogP contribution is -2.32. The Morgan fingerprint density at radius 3 is 2.84 bits per heavy atom. The molecule has 108 valence electrons. The molecule has 0 aliphatic carbocycles. The van der Waals surface area contributed by atoms with Gasteiger partial charge in [0.05, 0.1) is 22.5 Å². The van der Waals surface area contributed by atoms with Gasteiger partial charge in [-0.15, -0.1) is 0 Å². The molecule has 1 aromatic rings. The maximum atomic E-state index is 9.58. The molecule has 2 atom stereocenters. The molecule has 0 spiro atoms. The molecule has 0 saturated carbocycles. The lowest BCUT2D eigenvalue weighted by atomic mass is 10.1. The number of aromatic nitrogens is 2. The van der Waals surface area contributed by atoms with Gasteiger partial charge in [-0.1, -0.05) is 18.5 Å². The molecule has 0 bridgehead atoms. The highest BCUT2D eigenvalue weighted by Crippen LogP contribution is 2.27. The van der Waals surface area contributed by atoms with Gasteiger partial charge in [0.15, 0.2) is 0 Å². The highest BCUT2D eigenvalue weighted by Gasteiger charge is 2.27. The van der Waals surface area contributed by atoms with E-state index in [1.54, 1.807) is 0 Å². The summed E-state index contributed by atoms with van der Waals surface area (Å²) >= 11 is 6.40. The number of aliphatic hydroxyl groups is 1. The number of aryl methyl sites for hydroxylation is 2. The van der Waals surface area contributed by atoms with Crippen molar-refractivity contribution in [1.82, 2.24) is 14.7 Å². The lowest BCUT2D eigenvalue weighted by molar-refractivity contribution is 0.129. The van der Waals surface area contributed by atoms with E-state index in [9.17, 15) is 5.11 Å². The molecule has 1 aromatic heterocycles. The Morgan fingerprint density at radius 1 is 1.53 bits per heavy atom. The Kier molecular flexibility index (Phi) is 4.87. The smallest absolute Gasteiger partial charge is 0.0863 e. The molecule has 1 fully saturated rings. The number of likely N-dealkylation sites (tertiary alicyclic amines) is 1. The van der Waals surface area contributed by atoms with Gasteiger partial charge in [0, 0.05) is 19.6 Å². The Labute approximate surface area is 120 Å². The minimum atomic E-state index is -0.237. The van der Waals surface area contributed by atoms with Crippen LogP contribution in [0.1, 0.15) is 44.5 Å². The largest absolute Gasteiger partial charge is 0.393 e. The van der Waals surface area contributed by atoms with Crippen molar-refractivity contribution < 1.29 is 5.11 Å². The van der Waals surface area contributed by atoms with Crippen molar-refractivity contribution in [2.45, 2.75) is 58.2 Å². The molecule has 0 amide bonds. The fourth-order valence-electron chi connectivity index (χ4n) is 2.95. The number of hydrogen-bond acceptors (Lipinski definition) is 3. The van der Waals surface area contributed by atoms with Crippen LogP contribution in [0.3, 0.4) is 0 Å². The van der Waals surface area contributed by atoms with Crippen LogP contribution in [-0.2, 0) is 20.0 Å². The van der Waals surface area contributed by atoms with Crippen molar-refractivity contribution in [3.05, 3.63) is 16.4 Å². The zero-order valence-electron chi connectivity index (χ0n) is 12.1. The SMILES string of the molecule is CCc1nn(C)c(CN2CCCC2CC(C)O)c1Cl. The van der Waals surface area contributed by atoms with Crippen molar-refractivity contribution in [1.29, 1.82) is 0 Å². The molecule has 0 aromatic carbocycles. The van der Waals surface area contributed by atoms with Crippen LogP contribution in [0.25, 0.3) is 0 Å². The zero-order valence-corrected chi connectivity index (χ0v) is 12.8. The first-order valence-corrected chi connectivity index (χ1v) is 7.53. The number of rotatable bonds is 5. The van der Waals surface area contributed by atoms with Crippen LogP contribution in [0.5, 0.6) is 0 Å². The molecule has 1 N–H and O–H groups in total. The molecule has 1 aliphatic heterocycles. The minimum Gasteiger partial charge on any atom is -0.393 e. The Bertz CT molecular complexity index is 431. The van der Waals surface area contributed by atoms with E-state index in [0.717, 1.165) is 42.3 Å². The first-order chi connectivity index (χ1) is 9.02. The highest BCUT2D eigenvalue weighted by atomic mass is 35.5. The van der Waals surface area contributed by atoms with E-state index in [0.29, 0.717) is 6.04 Å². The van der Waals surface area contributed by atoms with E-state index in [1.165, 1.54) is 12.8 Å². The van der Waals surface area contributed by atoms with Crippen molar-refractivity contribution in [3.8, 4) is 0 Å². The van der Waals surface area contributed by atoms with Gasteiger partial charge in [-0.25, -0.2) is 0 Å². The van der Waals surface area contributed by atoms with E-state index in [-0.39, 0.29) is 6.10 Å². The second kappa shape index (κ2) is 6.25. The van der Waals surface area contributed by atoms with Gasteiger partial charge in [0.2, 0.25) is 0 Å². The van der Waals surface area contributed by atoms with Crippen molar-refractivity contribution in [2.75, 3.05) is 6.54 Å². The van der Waals surface area contributed by atoms with E-state index in [4.69, 9.17) is 11.6 Å². The minimum absolute atomic E-state index is 0.237. The summed E-state index contributed by atoms with van der Waals surface area (Å²) in [4.78, 5) is 2.43. The number of aliphatic hydroxyl groups excluding tert-OH is 1. The summed E-state index contributed by atoms with van der Waals surface area (Å²) in [7, 11) is 1.96. The van der Waals surface area contributed by atoms with Crippen molar-refractivity contribution in [2.24, 2.45) is 7.05 Å². The Hall–Kier alpha value is -0.580. The fourth-order valence-corrected chi connectivity index (χ4v) is 3.30. The second-order valence-corrected chi connectivity index (χ2v) is 5.91. The highest BCUT2D eigenvalue weighted by molar-refractivity contribution is 6.31. The first kappa shape index (κ1) is 14.8. The van der Waals surface area contributed by atoms with Crippen LogP contribution in [0.15, 0.2) is 0 Å². The summed E-state index contributed by atoms with van der Waals surface area (Å²) in [6, 6.07) is 0.469.